The average molecular weight is 158 g/mol. The van der Waals surface area contributed by atoms with E-state index in [1.165, 1.54) is 0 Å². The Morgan fingerprint density at radius 3 is 2.25 bits per heavy atom. The molecular weight excluding hydrogens is 148 g/mol. The Bertz CT molecular complexity index is 327. The van der Waals surface area contributed by atoms with Gasteiger partial charge in [0.05, 0.1) is 11.4 Å². The molecule has 12 heavy (non-hydrogen) atoms. The summed E-state index contributed by atoms with van der Waals surface area (Å²) in [6.07, 6.45) is 1.75. The van der Waals surface area contributed by atoms with Gasteiger partial charge in [-0.3, -0.25) is 9.98 Å². The number of hydrogen-bond donors (Lipinski definition) is 0. The molecule has 0 saturated heterocycles. The highest BCUT2D eigenvalue weighted by molar-refractivity contribution is 5.70. The van der Waals surface area contributed by atoms with Gasteiger partial charge in [0.1, 0.15) is 0 Å². The van der Waals surface area contributed by atoms with Crippen molar-refractivity contribution in [2.24, 2.45) is 9.98 Å². The van der Waals surface area contributed by atoms with Crippen LogP contribution in [0.2, 0.25) is 0 Å². The second-order valence-electron chi connectivity index (χ2n) is 2.27. The van der Waals surface area contributed by atoms with Gasteiger partial charge in [0.15, 0.2) is 0 Å². The summed E-state index contributed by atoms with van der Waals surface area (Å²) in [5.41, 5.74) is 2.49. The lowest BCUT2D eigenvalue weighted by Gasteiger charge is -1.99. The summed E-state index contributed by atoms with van der Waals surface area (Å²) in [6.45, 7) is 10.5. The molecule has 0 radical (unpaired) electrons. The highest BCUT2D eigenvalue weighted by atomic mass is 14.8. The minimum absolute atomic E-state index is 0.738. The molecule has 60 valence electrons. The van der Waals surface area contributed by atoms with Crippen LogP contribution in [0.3, 0.4) is 0 Å². The highest BCUT2D eigenvalue weighted by Crippen LogP contribution is 2.28. The molecular formula is C10H10N2. The zero-order valence-corrected chi connectivity index (χ0v) is 6.83. The van der Waals surface area contributed by atoms with Crippen LogP contribution < -0.4 is 0 Å². The summed E-state index contributed by atoms with van der Waals surface area (Å²) < 4.78 is 0. The van der Waals surface area contributed by atoms with Crippen LogP contribution in [0.1, 0.15) is 5.56 Å². The van der Waals surface area contributed by atoms with E-state index in [2.05, 4.69) is 30.0 Å². The zero-order valence-electron chi connectivity index (χ0n) is 6.83. The van der Waals surface area contributed by atoms with Gasteiger partial charge in [0, 0.05) is 0 Å². The quantitative estimate of drug-likeness (QED) is 0.604. The minimum Gasteiger partial charge on any atom is -0.262 e. The molecule has 0 aliphatic heterocycles. The highest BCUT2D eigenvalue weighted by Gasteiger charge is 1.97. The van der Waals surface area contributed by atoms with Gasteiger partial charge in [-0.25, -0.2) is 0 Å². The molecule has 2 heteroatoms. The summed E-state index contributed by atoms with van der Waals surface area (Å²) in [5.74, 6) is 0. The van der Waals surface area contributed by atoms with Crippen LogP contribution in [0.4, 0.5) is 11.4 Å². The van der Waals surface area contributed by atoms with Crippen molar-refractivity contribution in [3.05, 3.63) is 30.3 Å². The third kappa shape index (κ3) is 1.48. The Balaban J connectivity index is 3.27. The number of rotatable bonds is 3. The number of aliphatic imine (C=N–C) groups is 2. The molecule has 0 aliphatic carbocycles. The Hall–Kier alpha value is -1.70. The predicted molar refractivity (Wildman–Crippen MR) is 55.0 cm³/mol. The van der Waals surface area contributed by atoms with Gasteiger partial charge in [0.2, 0.25) is 0 Å². The van der Waals surface area contributed by atoms with Gasteiger partial charge < -0.3 is 0 Å². The molecule has 0 unspecified atom stereocenters. The fourth-order valence-corrected chi connectivity index (χ4v) is 0.928. The summed E-state index contributed by atoms with van der Waals surface area (Å²) in [5, 5.41) is 0. The number of benzene rings is 1. The predicted octanol–water partition coefficient (Wildman–Crippen LogP) is 2.99. The topological polar surface area (TPSA) is 24.7 Å². The number of nitrogens with zero attached hydrogens (tertiary/aromatic N) is 2. The van der Waals surface area contributed by atoms with Crippen LogP contribution in [-0.4, -0.2) is 13.4 Å². The molecule has 0 bridgehead atoms. The maximum Gasteiger partial charge on any atom is 0.0884 e. The van der Waals surface area contributed by atoms with Crippen LogP contribution in [-0.2, 0) is 0 Å². The van der Waals surface area contributed by atoms with Crippen molar-refractivity contribution in [2.45, 2.75) is 0 Å². The van der Waals surface area contributed by atoms with E-state index in [1.807, 2.05) is 18.2 Å². The lowest BCUT2D eigenvalue weighted by atomic mass is 10.2. The fraction of sp³-hybridized carbons (Fsp3) is 0. The van der Waals surface area contributed by atoms with Gasteiger partial charge in [-0.2, -0.15) is 0 Å². The van der Waals surface area contributed by atoms with E-state index >= 15 is 0 Å². The molecule has 0 aliphatic rings. The summed E-state index contributed by atoms with van der Waals surface area (Å²) >= 11 is 0. The Kier molecular flexibility index (Phi) is 2.53. The SMILES string of the molecule is C=Cc1ccc(N=C)c(N=C)c1. The van der Waals surface area contributed by atoms with Gasteiger partial charge in [-0.05, 0) is 31.1 Å². The van der Waals surface area contributed by atoms with Gasteiger partial charge in [0.25, 0.3) is 0 Å². The monoisotopic (exact) mass is 158 g/mol. The lowest BCUT2D eigenvalue weighted by molar-refractivity contribution is 1.47. The maximum atomic E-state index is 3.82. The molecule has 0 heterocycles. The van der Waals surface area contributed by atoms with Crippen LogP contribution in [0, 0.1) is 0 Å². The standard InChI is InChI=1S/C10H10N2/c1-4-8-5-6-9(11-2)10(7-8)12-3/h4-7H,1-3H2. The number of hydrogen-bond acceptors (Lipinski definition) is 2. The maximum absolute atomic E-state index is 3.82. The summed E-state index contributed by atoms with van der Waals surface area (Å²) in [4.78, 5) is 7.62. The molecule has 0 saturated carbocycles. The van der Waals surface area contributed by atoms with Crippen molar-refractivity contribution >= 4 is 30.9 Å². The van der Waals surface area contributed by atoms with Crippen molar-refractivity contribution in [3.63, 3.8) is 0 Å². The first kappa shape index (κ1) is 8.40. The van der Waals surface area contributed by atoms with E-state index in [0.717, 1.165) is 16.9 Å². The summed E-state index contributed by atoms with van der Waals surface area (Å²) in [6, 6.07) is 5.61. The van der Waals surface area contributed by atoms with E-state index in [9.17, 15) is 0 Å². The molecule has 0 spiro atoms. The van der Waals surface area contributed by atoms with E-state index in [0.29, 0.717) is 0 Å². The Labute approximate surface area is 72.0 Å². The zero-order chi connectivity index (χ0) is 8.97. The second kappa shape index (κ2) is 3.62. The van der Waals surface area contributed by atoms with Gasteiger partial charge in [-0.15, -0.1) is 0 Å². The molecule has 0 fully saturated rings. The molecule has 2 nitrogen and oxygen atoms in total. The second-order valence-corrected chi connectivity index (χ2v) is 2.27. The van der Waals surface area contributed by atoms with Crippen LogP contribution in [0.25, 0.3) is 6.08 Å². The van der Waals surface area contributed by atoms with Crippen molar-refractivity contribution < 1.29 is 0 Å². The van der Waals surface area contributed by atoms with Crippen molar-refractivity contribution in [1.82, 2.24) is 0 Å². The van der Waals surface area contributed by atoms with E-state index in [4.69, 9.17) is 0 Å². The molecule has 1 rings (SSSR count). The molecule has 0 aromatic heterocycles. The molecule has 1 aromatic rings. The smallest absolute Gasteiger partial charge is 0.0884 e. The van der Waals surface area contributed by atoms with Crippen LogP contribution >= 0.6 is 0 Å². The first-order chi connectivity index (χ1) is 5.81. The average Bonchev–Trinajstić information content (AvgIpc) is 2.16. The van der Waals surface area contributed by atoms with Crippen LogP contribution in [0.5, 0.6) is 0 Å². The Morgan fingerprint density at radius 2 is 1.75 bits per heavy atom. The third-order valence-electron chi connectivity index (χ3n) is 1.58. The Morgan fingerprint density at radius 1 is 1.08 bits per heavy atom. The van der Waals surface area contributed by atoms with E-state index < -0.39 is 0 Å². The minimum atomic E-state index is 0.738. The molecule has 0 amide bonds. The van der Waals surface area contributed by atoms with Gasteiger partial charge in [-0.1, -0.05) is 18.7 Å². The van der Waals surface area contributed by atoms with Crippen molar-refractivity contribution in [3.8, 4) is 0 Å². The van der Waals surface area contributed by atoms with Crippen molar-refractivity contribution in [2.75, 3.05) is 0 Å². The van der Waals surface area contributed by atoms with Gasteiger partial charge >= 0.3 is 0 Å². The van der Waals surface area contributed by atoms with Crippen molar-refractivity contribution in [1.29, 1.82) is 0 Å². The molecule has 0 N–H and O–H groups in total. The molecule has 0 atom stereocenters. The van der Waals surface area contributed by atoms with E-state index in [-0.39, 0.29) is 0 Å². The fourth-order valence-electron chi connectivity index (χ4n) is 0.928. The lowest BCUT2D eigenvalue weighted by Crippen LogP contribution is -1.71. The third-order valence-corrected chi connectivity index (χ3v) is 1.58. The van der Waals surface area contributed by atoms with Crippen LogP contribution in [0.15, 0.2) is 34.8 Å². The van der Waals surface area contributed by atoms with E-state index in [1.54, 1.807) is 6.08 Å². The first-order valence-electron chi connectivity index (χ1n) is 3.51. The normalized spacial score (nSPS) is 9.00. The first-order valence-corrected chi connectivity index (χ1v) is 3.51. The molecule has 1 aromatic carbocycles. The largest absolute Gasteiger partial charge is 0.262 e. The summed E-state index contributed by atoms with van der Waals surface area (Å²) in [7, 11) is 0.